The number of hydrogen-bond acceptors (Lipinski definition) is 7. The molecule has 0 atom stereocenters. The van der Waals surface area contributed by atoms with Crippen LogP contribution >= 0.6 is 11.6 Å². The van der Waals surface area contributed by atoms with Gasteiger partial charge in [-0.15, -0.1) is 0 Å². The highest BCUT2D eigenvalue weighted by Gasteiger charge is 2.18. The maximum atomic E-state index is 13.0. The molecule has 0 aliphatic rings. The molecule has 3 aromatic carbocycles. The summed E-state index contributed by atoms with van der Waals surface area (Å²) in [6.07, 6.45) is -0.0158. The number of guanidine groups is 1. The largest absolute Gasteiger partial charge is 0.481 e. The van der Waals surface area contributed by atoms with Crippen LogP contribution in [0.5, 0.6) is 5.75 Å². The van der Waals surface area contributed by atoms with Crippen LogP contribution in [0.15, 0.2) is 82.1 Å². The van der Waals surface area contributed by atoms with Crippen molar-refractivity contribution in [3.63, 3.8) is 0 Å². The zero-order valence-electron chi connectivity index (χ0n) is 22.1. The Kier molecular flexibility index (Phi) is 11.1. The van der Waals surface area contributed by atoms with Crippen LogP contribution in [0.25, 0.3) is 0 Å². The summed E-state index contributed by atoms with van der Waals surface area (Å²) in [7, 11) is 0. The molecule has 0 saturated carbocycles. The van der Waals surface area contributed by atoms with Crippen molar-refractivity contribution in [1.29, 1.82) is 0 Å². The second kappa shape index (κ2) is 14.9. The van der Waals surface area contributed by atoms with Gasteiger partial charge in [-0.05, 0) is 66.1 Å². The van der Waals surface area contributed by atoms with Gasteiger partial charge >= 0.3 is 17.9 Å². The lowest BCUT2D eigenvalue weighted by atomic mass is 10.1. The van der Waals surface area contributed by atoms with Gasteiger partial charge in [-0.3, -0.25) is 9.59 Å². The topological polar surface area (TPSA) is 210 Å². The van der Waals surface area contributed by atoms with Crippen molar-refractivity contribution in [3.05, 3.63) is 94.0 Å². The van der Waals surface area contributed by atoms with Gasteiger partial charge in [0.1, 0.15) is 5.75 Å². The van der Waals surface area contributed by atoms with E-state index in [0.717, 1.165) is 0 Å². The minimum atomic E-state index is -1.11. The van der Waals surface area contributed by atoms with Gasteiger partial charge < -0.3 is 31.4 Å². The summed E-state index contributed by atoms with van der Waals surface area (Å²) in [6, 6.07) is 16.8. The summed E-state index contributed by atoms with van der Waals surface area (Å²) in [5.74, 6) is 1.82. The normalized spacial score (nSPS) is 11.3. The van der Waals surface area contributed by atoms with Crippen LogP contribution in [0.2, 0.25) is 5.02 Å². The molecule has 3 rings (SSSR count). The molecule has 0 saturated heterocycles. The van der Waals surface area contributed by atoms with Crippen LogP contribution in [0.1, 0.15) is 44.7 Å². The number of aryl methyl sites for hydroxylation is 1. The number of carbonyl (C=O) groups is 4. The van der Waals surface area contributed by atoms with Crippen LogP contribution < -0.4 is 16.3 Å². The Hall–Kier alpha value is -5.30. The standard InChI is InChI=1S/C28H27ClN6O7/c29-23-15-22(42-27(41)19-4-8-21(9-5-19)32-28(30)33-34-31)10-6-18(23)7-11-24(36)35(13-12-25(37)38)16-17-2-1-3-20(14-17)26(39)40/h1-6,8-10,14-15H,7,11-13,16H2,(H,37,38)(H,39,40)(H4,30,31,32,33). The van der Waals surface area contributed by atoms with E-state index < -0.39 is 17.9 Å². The molecular weight excluding hydrogens is 568 g/mol. The van der Waals surface area contributed by atoms with E-state index in [1.807, 2.05) is 0 Å². The van der Waals surface area contributed by atoms with E-state index in [1.54, 1.807) is 24.3 Å². The molecule has 13 nitrogen and oxygen atoms in total. The number of hydrogen-bond donors (Lipinski definition) is 4. The highest BCUT2D eigenvalue weighted by Crippen LogP contribution is 2.25. The predicted octanol–water partition coefficient (Wildman–Crippen LogP) is 3.97. The first-order chi connectivity index (χ1) is 20.0. The second-order valence-electron chi connectivity index (χ2n) is 8.84. The second-order valence-corrected chi connectivity index (χ2v) is 9.25. The molecule has 0 aromatic heterocycles. The summed E-state index contributed by atoms with van der Waals surface area (Å²) in [5, 5.41) is 25.0. The summed E-state index contributed by atoms with van der Waals surface area (Å²) in [4.78, 5) is 53.3. The van der Waals surface area contributed by atoms with E-state index in [4.69, 9.17) is 33.0 Å². The van der Waals surface area contributed by atoms with Crippen LogP contribution in [-0.2, 0) is 22.6 Å². The molecule has 0 spiro atoms. The van der Waals surface area contributed by atoms with E-state index in [0.29, 0.717) is 16.8 Å². The Bertz CT molecular complexity index is 1530. The number of benzene rings is 3. The number of carboxylic acid groups (broad SMARTS) is 2. The van der Waals surface area contributed by atoms with Crippen molar-refractivity contribution in [2.75, 3.05) is 6.54 Å². The number of halogens is 1. The first kappa shape index (κ1) is 31.2. The van der Waals surface area contributed by atoms with E-state index in [-0.39, 0.29) is 66.1 Å². The molecule has 42 heavy (non-hydrogen) atoms. The van der Waals surface area contributed by atoms with Gasteiger partial charge in [0.2, 0.25) is 11.9 Å². The predicted molar refractivity (Wildman–Crippen MR) is 153 cm³/mol. The van der Waals surface area contributed by atoms with Crippen LogP contribution in [0.3, 0.4) is 0 Å². The zero-order valence-corrected chi connectivity index (χ0v) is 22.9. The number of amides is 1. The Morgan fingerprint density at radius 2 is 1.67 bits per heavy atom. The molecule has 0 aliphatic heterocycles. The third kappa shape index (κ3) is 9.41. The molecule has 0 aliphatic carbocycles. The van der Waals surface area contributed by atoms with Crippen molar-refractivity contribution in [2.45, 2.75) is 25.8 Å². The average Bonchev–Trinajstić information content (AvgIpc) is 2.95. The molecule has 0 bridgehead atoms. The fraction of sp³-hybridized carbons (Fsp3) is 0.179. The highest BCUT2D eigenvalue weighted by atomic mass is 35.5. The summed E-state index contributed by atoms with van der Waals surface area (Å²) >= 11 is 6.39. The van der Waals surface area contributed by atoms with Gasteiger partial charge in [0.25, 0.3) is 0 Å². The molecule has 6 N–H and O–H groups in total. The van der Waals surface area contributed by atoms with Crippen LogP contribution in [0.4, 0.5) is 5.69 Å². The quantitative estimate of drug-likeness (QED) is 0.0453. The van der Waals surface area contributed by atoms with E-state index in [1.165, 1.54) is 47.4 Å². The Labute approximate surface area is 245 Å². The van der Waals surface area contributed by atoms with Crippen LogP contribution in [0, 0.1) is 0 Å². The fourth-order valence-corrected chi connectivity index (χ4v) is 4.06. The maximum absolute atomic E-state index is 13.0. The van der Waals surface area contributed by atoms with Gasteiger partial charge in [0.05, 0.1) is 23.2 Å². The van der Waals surface area contributed by atoms with Gasteiger partial charge in [-0.2, -0.15) is 0 Å². The number of ether oxygens (including phenoxy) is 1. The molecular formula is C28H27ClN6O7. The lowest BCUT2D eigenvalue weighted by molar-refractivity contribution is -0.138. The van der Waals surface area contributed by atoms with E-state index in [9.17, 15) is 24.3 Å². The number of carbonyl (C=O) groups excluding carboxylic acids is 2. The van der Waals surface area contributed by atoms with Gasteiger partial charge in [0.15, 0.2) is 0 Å². The SMILES string of the molecule is NN=NC(N)=Nc1ccc(C(=O)Oc2ccc(CCC(=O)N(CCC(=O)O)Cc3cccc(C(=O)O)c3)c(Cl)c2)cc1. The minimum Gasteiger partial charge on any atom is -0.481 e. The van der Waals surface area contributed by atoms with Gasteiger partial charge in [-0.25, -0.2) is 14.6 Å². The number of carboxylic acids is 2. The van der Waals surface area contributed by atoms with Crippen molar-refractivity contribution < 1.29 is 34.1 Å². The smallest absolute Gasteiger partial charge is 0.343 e. The lowest BCUT2D eigenvalue weighted by Crippen LogP contribution is -2.32. The minimum absolute atomic E-state index is 0.0170. The molecule has 0 radical (unpaired) electrons. The molecule has 0 unspecified atom stereocenters. The van der Waals surface area contributed by atoms with Gasteiger partial charge in [-0.1, -0.05) is 40.1 Å². The average molecular weight is 595 g/mol. The Balaban J connectivity index is 1.63. The summed E-state index contributed by atoms with van der Waals surface area (Å²) < 4.78 is 5.40. The fourth-order valence-electron chi connectivity index (χ4n) is 3.79. The van der Waals surface area contributed by atoms with Crippen molar-refractivity contribution in [2.24, 2.45) is 26.9 Å². The monoisotopic (exact) mass is 594 g/mol. The third-order valence-corrected chi connectivity index (χ3v) is 6.20. The first-order valence-electron chi connectivity index (χ1n) is 12.4. The van der Waals surface area contributed by atoms with Crippen molar-refractivity contribution in [3.8, 4) is 5.75 Å². The van der Waals surface area contributed by atoms with Crippen molar-refractivity contribution in [1.82, 2.24) is 4.90 Å². The molecule has 1 amide bonds. The van der Waals surface area contributed by atoms with Crippen LogP contribution in [-0.4, -0.2) is 51.4 Å². The highest BCUT2D eigenvalue weighted by molar-refractivity contribution is 6.31. The first-order valence-corrected chi connectivity index (χ1v) is 12.8. The number of nitrogens with two attached hydrogens (primary N) is 2. The number of aliphatic imine (C=N–C) groups is 1. The molecule has 14 heteroatoms. The van der Waals surface area contributed by atoms with Gasteiger partial charge in [0, 0.05) is 24.5 Å². The molecule has 0 fully saturated rings. The Morgan fingerprint density at radius 3 is 2.31 bits per heavy atom. The molecule has 0 heterocycles. The maximum Gasteiger partial charge on any atom is 0.343 e. The third-order valence-electron chi connectivity index (χ3n) is 5.85. The summed E-state index contributed by atoms with van der Waals surface area (Å²) in [6.45, 7) is 0.00304. The molecule has 218 valence electrons. The summed E-state index contributed by atoms with van der Waals surface area (Å²) in [5.41, 5.74) is 7.42. The number of rotatable bonds is 12. The number of aromatic carboxylic acids is 1. The Morgan fingerprint density at radius 1 is 0.929 bits per heavy atom. The number of aliphatic carboxylic acids is 1. The lowest BCUT2D eigenvalue weighted by Gasteiger charge is -2.22. The number of esters is 1. The van der Waals surface area contributed by atoms with E-state index >= 15 is 0 Å². The zero-order chi connectivity index (χ0) is 30.6. The van der Waals surface area contributed by atoms with E-state index in [2.05, 4.69) is 15.3 Å². The molecule has 3 aromatic rings. The number of nitrogens with zero attached hydrogens (tertiary/aromatic N) is 4. The van der Waals surface area contributed by atoms with Crippen molar-refractivity contribution >= 4 is 47.1 Å².